The molecule has 3 rings (SSSR count). The molecule has 0 bridgehead atoms. The lowest BCUT2D eigenvalue weighted by Gasteiger charge is -2.32. The Bertz CT molecular complexity index is 862. The number of fused-ring (bicyclic) bond motifs is 1. The molecule has 0 aromatic carbocycles. The van der Waals surface area contributed by atoms with Gasteiger partial charge in [0.1, 0.15) is 11.4 Å². The molecule has 0 radical (unpaired) electrons. The van der Waals surface area contributed by atoms with Gasteiger partial charge < -0.3 is 19.9 Å². The van der Waals surface area contributed by atoms with E-state index in [1.54, 1.807) is 21.5 Å². The predicted octanol–water partition coefficient (Wildman–Crippen LogP) is 2.30. The van der Waals surface area contributed by atoms with Gasteiger partial charge in [0.25, 0.3) is 0 Å². The molecular formula is C21H33N5O4. The van der Waals surface area contributed by atoms with Crippen LogP contribution in [-0.2, 0) is 34.3 Å². The molecule has 30 heavy (non-hydrogen) atoms. The Labute approximate surface area is 177 Å². The van der Waals surface area contributed by atoms with Crippen LogP contribution >= 0.6 is 0 Å². The number of amides is 3. The van der Waals surface area contributed by atoms with Gasteiger partial charge in [-0.2, -0.15) is 5.10 Å². The first-order chi connectivity index (χ1) is 13.8. The SMILES string of the molecule is Cn1nc2c(c1NC(=O)C1CC(=O)N(C(C)(C)C)C1)CN(C(=O)OC(C)(C)C)CC2. The first-order valence-electron chi connectivity index (χ1n) is 10.4. The standard InChI is InChI=1S/C21H33N5O4/c1-20(2,3)26-11-13(10-16(26)27)18(28)22-17-14-12-25(19(29)30-21(4,5)6)9-8-15(14)23-24(17)7/h13H,8-12H2,1-7H3,(H,22,28). The minimum Gasteiger partial charge on any atom is -0.444 e. The van der Waals surface area contributed by atoms with E-state index in [0.29, 0.717) is 31.9 Å². The average Bonchev–Trinajstić information content (AvgIpc) is 3.13. The molecule has 3 heterocycles. The van der Waals surface area contributed by atoms with Gasteiger partial charge in [-0.25, -0.2) is 4.79 Å². The number of hydrogen-bond acceptors (Lipinski definition) is 5. The summed E-state index contributed by atoms with van der Waals surface area (Å²) in [6.45, 7) is 12.6. The highest BCUT2D eigenvalue weighted by atomic mass is 16.6. The summed E-state index contributed by atoms with van der Waals surface area (Å²) >= 11 is 0. The maximum absolute atomic E-state index is 12.9. The largest absolute Gasteiger partial charge is 0.444 e. The number of carbonyl (C=O) groups is 3. The Hall–Kier alpha value is -2.58. The highest BCUT2D eigenvalue weighted by molar-refractivity contribution is 5.97. The fourth-order valence-electron chi connectivity index (χ4n) is 3.89. The highest BCUT2D eigenvalue weighted by Crippen LogP contribution is 2.30. The molecule has 0 spiro atoms. The molecule has 0 aliphatic carbocycles. The van der Waals surface area contributed by atoms with Crippen LogP contribution in [0.3, 0.4) is 0 Å². The molecule has 1 atom stereocenters. The summed E-state index contributed by atoms with van der Waals surface area (Å²) in [5.41, 5.74) is 0.801. The van der Waals surface area contributed by atoms with Crippen molar-refractivity contribution in [2.45, 2.75) is 72.1 Å². The summed E-state index contributed by atoms with van der Waals surface area (Å²) in [5.74, 6) is -0.0428. The number of nitrogens with one attached hydrogen (secondary N) is 1. The average molecular weight is 420 g/mol. The summed E-state index contributed by atoms with van der Waals surface area (Å²) in [6, 6.07) is 0. The molecular weight excluding hydrogens is 386 g/mol. The van der Waals surface area contributed by atoms with Gasteiger partial charge in [0, 0.05) is 44.1 Å². The smallest absolute Gasteiger partial charge is 0.410 e. The van der Waals surface area contributed by atoms with Crippen molar-refractivity contribution in [1.82, 2.24) is 19.6 Å². The Morgan fingerprint density at radius 3 is 2.40 bits per heavy atom. The van der Waals surface area contributed by atoms with E-state index in [0.717, 1.165) is 11.3 Å². The van der Waals surface area contributed by atoms with Crippen LogP contribution in [0.25, 0.3) is 0 Å². The highest BCUT2D eigenvalue weighted by Gasteiger charge is 2.40. The van der Waals surface area contributed by atoms with Crippen molar-refractivity contribution in [1.29, 1.82) is 0 Å². The molecule has 1 aromatic rings. The minimum absolute atomic E-state index is 0.00853. The molecule has 9 heteroatoms. The second kappa shape index (κ2) is 7.59. The lowest BCUT2D eigenvalue weighted by molar-refractivity contribution is -0.131. The summed E-state index contributed by atoms with van der Waals surface area (Å²) in [6.07, 6.45) is 0.419. The number of nitrogens with zero attached hydrogens (tertiary/aromatic N) is 4. The molecule has 2 aliphatic rings. The molecule has 166 valence electrons. The van der Waals surface area contributed by atoms with Crippen LogP contribution in [0.5, 0.6) is 0 Å². The fourth-order valence-corrected chi connectivity index (χ4v) is 3.89. The molecule has 1 saturated heterocycles. The summed E-state index contributed by atoms with van der Waals surface area (Å²) < 4.78 is 7.12. The van der Waals surface area contributed by atoms with Gasteiger partial charge in [0.05, 0.1) is 18.2 Å². The van der Waals surface area contributed by atoms with Crippen molar-refractivity contribution in [3.05, 3.63) is 11.3 Å². The zero-order chi connectivity index (χ0) is 22.4. The van der Waals surface area contributed by atoms with Crippen LogP contribution in [0.1, 0.15) is 59.2 Å². The van der Waals surface area contributed by atoms with Gasteiger partial charge in [-0.1, -0.05) is 0 Å². The number of aryl methyl sites for hydroxylation is 1. The monoisotopic (exact) mass is 419 g/mol. The van der Waals surface area contributed by atoms with E-state index in [2.05, 4.69) is 10.4 Å². The van der Waals surface area contributed by atoms with Crippen LogP contribution in [0, 0.1) is 5.92 Å². The lowest BCUT2D eigenvalue weighted by Crippen LogP contribution is -2.43. The van der Waals surface area contributed by atoms with Gasteiger partial charge in [0.15, 0.2) is 0 Å². The van der Waals surface area contributed by atoms with Crippen molar-refractivity contribution in [3.63, 3.8) is 0 Å². The second-order valence-corrected chi connectivity index (χ2v) is 10.1. The third-order valence-corrected chi connectivity index (χ3v) is 5.39. The molecule has 3 amide bonds. The first-order valence-corrected chi connectivity index (χ1v) is 10.4. The summed E-state index contributed by atoms with van der Waals surface area (Å²) in [7, 11) is 1.77. The molecule has 1 unspecified atom stereocenters. The molecule has 1 fully saturated rings. The maximum Gasteiger partial charge on any atom is 0.410 e. The Morgan fingerprint density at radius 2 is 1.83 bits per heavy atom. The van der Waals surface area contributed by atoms with Crippen molar-refractivity contribution < 1.29 is 19.1 Å². The minimum atomic E-state index is -0.572. The van der Waals surface area contributed by atoms with Gasteiger partial charge >= 0.3 is 6.09 Å². The molecule has 9 nitrogen and oxygen atoms in total. The van der Waals surface area contributed by atoms with Crippen molar-refractivity contribution in [3.8, 4) is 0 Å². The van der Waals surface area contributed by atoms with Crippen LogP contribution in [0.2, 0.25) is 0 Å². The molecule has 1 N–H and O–H groups in total. The number of hydrogen-bond donors (Lipinski definition) is 1. The van der Waals surface area contributed by atoms with E-state index in [1.807, 2.05) is 41.5 Å². The number of ether oxygens (including phenoxy) is 1. The third kappa shape index (κ3) is 4.60. The zero-order valence-corrected chi connectivity index (χ0v) is 19.0. The topological polar surface area (TPSA) is 96.8 Å². The van der Waals surface area contributed by atoms with E-state index in [4.69, 9.17) is 4.74 Å². The summed E-state index contributed by atoms with van der Waals surface area (Å²) in [5, 5.41) is 7.48. The Kier molecular flexibility index (Phi) is 5.60. The molecule has 0 saturated carbocycles. The van der Waals surface area contributed by atoms with E-state index >= 15 is 0 Å². The summed E-state index contributed by atoms with van der Waals surface area (Å²) in [4.78, 5) is 41.1. The maximum atomic E-state index is 12.9. The van der Waals surface area contributed by atoms with Gasteiger partial charge in [0.2, 0.25) is 11.8 Å². The van der Waals surface area contributed by atoms with Crippen LogP contribution < -0.4 is 5.32 Å². The van der Waals surface area contributed by atoms with Crippen molar-refractivity contribution in [2.24, 2.45) is 13.0 Å². The normalized spacial score (nSPS) is 19.7. The second-order valence-electron chi connectivity index (χ2n) is 10.1. The van der Waals surface area contributed by atoms with E-state index < -0.39 is 11.5 Å². The predicted molar refractivity (Wildman–Crippen MR) is 112 cm³/mol. The van der Waals surface area contributed by atoms with Gasteiger partial charge in [-0.15, -0.1) is 0 Å². The number of anilines is 1. The number of aromatic nitrogens is 2. The van der Waals surface area contributed by atoms with Gasteiger partial charge in [-0.05, 0) is 41.5 Å². The van der Waals surface area contributed by atoms with E-state index in [9.17, 15) is 14.4 Å². The van der Waals surface area contributed by atoms with E-state index in [1.165, 1.54) is 0 Å². The number of likely N-dealkylation sites (tertiary alicyclic amines) is 1. The third-order valence-electron chi connectivity index (χ3n) is 5.39. The number of rotatable bonds is 2. The molecule has 2 aliphatic heterocycles. The van der Waals surface area contributed by atoms with Crippen molar-refractivity contribution in [2.75, 3.05) is 18.4 Å². The zero-order valence-electron chi connectivity index (χ0n) is 19.0. The molecule has 1 aromatic heterocycles. The van der Waals surface area contributed by atoms with E-state index in [-0.39, 0.29) is 29.9 Å². The fraction of sp³-hybridized carbons (Fsp3) is 0.714. The lowest BCUT2D eigenvalue weighted by atomic mass is 10.1. The Morgan fingerprint density at radius 1 is 1.17 bits per heavy atom. The first kappa shape index (κ1) is 22.1. The van der Waals surface area contributed by atoms with Crippen LogP contribution in [-0.4, -0.2) is 61.7 Å². The number of carbonyl (C=O) groups excluding carboxylic acids is 3. The quantitative estimate of drug-likeness (QED) is 0.793. The van der Waals surface area contributed by atoms with Crippen LogP contribution in [0.4, 0.5) is 10.6 Å². The Balaban J connectivity index is 1.73. The van der Waals surface area contributed by atoms with Crippen molar-refractivity contribution >= 4 is 23.7 Å². The van der Waals surface area contributed by atoms with Crippen LogP contribution in [0.15, 0.2) is 0 Å². The van der Waals surface area contributed by atoms with Gasteiger partial charge in [-0.3, -0.25) is 14.3 Å².